The Morgan fingerprint density at radius 2 is 1.88 bits per heavy atom. The molecule has 3 N–H and O–H groups in total. The van der Waals surface area contributed by atoms with Crippen LogP contribution in [0.25, 0.3) is 5.69 Å². The van der Waals surface area contributed by atoms with Crippen LogP contribution in [0.15, 0.2) is 59.7 Å². The molecular weight excluding hydrogens is 317 g/mol. The van der Waals surface area contributed by atoms with Gasteiger partial charge >= 0.3 is 0 Å². The van der Waals surface area contributed by atoms with Crippen LogP contribution in [-0.4, -0.2) is 15.7 Å². The Balaban J connectivity index is 1.65. The van der Waals surface area contributed by atoms with Crippen molar-refractivity contribution in [3.63, 3.8) is 0 Å². The van der Waals surface area contributed by atoms with E-state index in [1.54, 1.807) is 16.8 Å². The summed E-state index contributed by atoms with van der Waals surface area (Å²) in [5.41, 5.74) is 10.8. The third-order valence-electron chi connectivity index (χ3n) is 3.93. The van der Waals surface area contributed by atoms with Crippen LogP contribution >= 0.6 is 0 Å². The fraction of sp³-hybridized carbons (Fsp3) is 0.158. The molecule has 1 aromatic heterocycles. The largest absolute Gasteiger partial charge is 0.370 e. The molecule has 0 radical (unpaired) electrons. The highest BCUT2D eigenvalue weighted by Gasteiger charge is 2.02. The number of nitrogens with zero attached hydrogens (tertiary/aromatic N) is 3. The SMILES string of the molecule is Cc1ccc(NC(N)=NCc2ccn(-c3ccc(F)cc3)n2)cc1C. The molecule has 25 heavy (non-hydrogen) atoms. The maximum atomic E-state index is 13.0. The summed E-state index contributed by atoms with van der Waals surface area (Å²) in [7, 11) is 0. The van der Waals surface area contributed by atoms with E-state index in [4.69, 9.17) is 5.73 Å². The van der Waals surface area contributed by atoms with Gasteiger partial charge in [0, 0.05) is 11.9 Å². The number of benzene rings is 2. The van der Waals surface area contributed by atoms with Crippen LogP contribution in [0.3, 0.4) is 0 Å². The summed E-state index contributed by atoms with van der Waals surface area (Å²) in [4.78, 5) is 4.31. The van der Waals surface area contributed by atoms with E-state index in [1.165, 1.54) is 23.3 Å². The second-order valence-corrected chi connectivity index (χ2v) is 5.85. The van der Waals surface area contributed by atoms with Gasteiger partial charge in [-0.3, -0.25) is 0 Å². The van der Waals surface area contributed by atoms with Gasteiger partial charge in [-0.05, 0) is 67.4 Å². The van der Waals surface area contributed by atoms with Crippen LogP contribution in [0.4, 0.5) is 10.1 Å². The zero-order valence-electron chi connectivity index (χ0n) is 14.2. The molecular formula is C19H20FN5. The summed E-state index contributed by atoms with van der Waals surface area (Å²) in [6.07, 6.45) is 1.81. The molecule has 5 nitrogen and oxygen atoms in total. The van der Waals surface area contributed by atoms with Crippen molar-refractivity contribution in [3.8, 4) is 5.69 Å². The first-order valence-electron chi connectivity index (χ1n) is 7.96. The predicted molar refractivity (Wildman–Crippen MR) is 98.4 cm³/mol. The van der Waals surface area contributed by atoms with E-state index in [0.29, 0.717) is 12.5 Å². The van der Waals surface area contributed by atoms with Gasteiger partial charge in [-0.15, -0.1) is 0 Å². The molecule has 0 saturated carbocycles. The molecule has 6 heteroatoms. The van der Waals surface area contributed by atoms with Crippen LogP contribution in [0.5, 0.6) is 0 Å². The maximum absolute atomic E-state index is 13.0. The van der Waals surface area contributed by atoms with E-state index in [0.717, 1.165) is 17.1 Å². The summed E-state index contributed by atoms with van der Waals surface area (Å²) in [6.45, 7) is 4.47. The zero-order valence-corrected chi connectivity index (χ0v) is 14.2. The highest BCUT2D eigenvalue weighted by atomic mass is 19.1. The average molecular weight is 337 g/mol. The highest BCUT2D eigenvalue weighted by molar-refractivity contribution is 5.92. The van der Waals surface area contributed by atoms with Gasteiger partial charge in [-0.25, -0.2) is 14.1 Å². The molecule has 0 spiro atoms. The number of anilines is 1. The number of guanidine groups is 1. The lowest BCUT2D eigenvalue weighted by Crippen LogP contribution is -2.22. The van der Waals surface area contributed by atoms with Crippen molar-refractivity contribution in [1.29, 1.82) is 0 Å². The number of hydrogen-bond donors (Lipinski definition) is 2. The summed E-state index contributed by atoms with van der Waals surface area (Å²) >= 11 is 0. The Labute approximate surface area is 146 Å². The van der Waals surface area contributed by atoms with Gasteiger partial charge in [0.05, 0.1) is 17.9 Å². The fourth-order valence-corrected chi connectivity index (χ4v) is 2.36. The second-order valence-electron chi connectivity index (χ2n) is 5.85. The molecule has 0 aliphatic rings. The molecule has 0 atom stereocenters. The van der Waals surface area contributed by atoms with Crippen LogP contribution in [0, 0.1) is 19.7 Å². The molecule has 3 rings (SSSR count). The van der Waals surface area contributed by atoms with Gasteiger partial charge in [0.25, 0.3) is 0 Å². The van der Waals surface area contributed by atoms with Crippen LogP contribution < -0.4 is 11.1 Å². The molecule has 2 aromatic carbocycles. The third kappa shape index (κ3) is 4.23. The number of aliphatic imine (C=N–C) groups is 1. The molecule has 0 aliphatic heterocycles. The molecule has 0 fully saturated rings. The lowest BCUT2D eigenvalue weighted by molar-refractivity contribution is 0.627. The predicted octanol–water partition coefficient (Wildman–Crippen LogP) is 3.56. The Morgan fingerprint density at radius 1 is 1.12 bits per heavy atom. The number of nitrogens with two attached hydrogens (primary N) is 1. The second kappa shape index (κ2) is 7.17. The van der Waals surface area contributed by atoms with Gasteiger partial charge in [-0.2, -0.15) is 5.10 Å². The molecule has 128 valence electrons. The molecule has 3 aromatic rings. The fourth-order valence-electron chi connectivity index (χ4n) is 2.36. The normalized spacial score (nSPS) is 11.6. The number of hydrogen-bond acceptors (Lipinski definition) is 2. The van der Waals surface area contributed by atoms with Crippen molar-refractivity contribution in [2.24, 2.45) is 10.7 Å². The monoisotopic (exact) mass is 337 g/mol. The molecule has 0 bridgehead atoms. The van der Waals surface area contributed by atoms with Crippen molar-refractivity contribution in [2.45, 2.75) is 20.4 Å². The Hall–Kier alpha value is -3.15. The van der Waals surface area contributed by atoms with Crippen molar-refractivity contribution in [3.05, 3.63) is 77.4 Å². The summed E-state index contributed by atoms with van der Waals surface area (Å²) < 4.78 is 14.7. The Morgan fingerprint density at radius 3 is 2.60 bits per heavy atom. The number of rotatable bonds is 4. The number of aromatic nitrogens is 2. The molecule has 0 amide bonds. The lowest BCUT2D eigenvalue weighted by atomic mass is 10.1. The van der Waals surface area contributed by atoms with Gasteiger partial charge in [-0.1, -0.05) is 6.07 Å². The summed E-state index contributed by atoms with van der Waals surface area (Å²) in [5.74, 6) is 0.0607. The first-order valence-corrected chi connectivity index (χ1v) is 7.96. The van der Waals surface area contributed by atoms with Gasteiger partial charge in [0.1, 0.15) is 5.82 Å². The maximum Gasteiger partial charge on any atom is 0.193 e. The van der Waals surface area contributed by atoms with Gasteiger partial charge in [0.15, 0.2) is 5.96 Å². The van der Waals surface area contributed by atoms with Crippen molar-refractivity contribution in [2.75, 3.05) is 5.32 Å². The minimum Gasteiger partial charge on any atom is -0.370 e. The quantitative estimate of drug-likeness (QED) is 0.565. The van der Waals surface area contributed by atoms with E-state index in [-0.39, 0.29) is 5.82 Å². The zero-order chi connectivity index (χ0) is 17.8. The lowest BCUT2D eigenvalue weighted by Gasteiger charge is -2.07. The molecule has 0 unspecified atom stereocenters. The minimum atomic E-state index is -0.272. The van der Waals surface area contributed by atoms with Crippen molar-refractivity contribution >= 4 is 11.6 Å². The van der Waals surface area contributed by atoms with Crippen molar-refractivity contribution < 1.29 is 4.39 Å². The Bertz CT molecular complexity index is 896. The first kappa shape index (κ1) is 16.7. The number of nitrogens with one attached hydrogen (secondary N) is 1. The minimum absolute atomic E-state index is 0.272. The first-order chi connectivity index (χ1) is 12.0. The van der Waals surface area contributed by atoms with E-state index < -0.39 is 0 Å². The Kier molecular flexibility index (Phi) is 4.79. The standard InChI is InChI=1S/C19H20FN5/c1-13-3-6-16(11-14(13)2)23-19(21)22-12-17-9-10-25(24-17)18-7-4-15(20)5-8-18/h3-11H,12H2,1-2H3,(H3,21,22,23). The van der Waals surface area contributed by atoms with Crippen molar-refractivity contribution in [1.82, 2.24) is 9.78 Å². The average Bonchev–Trinajstić information content (AvgIpc) is 3.06. The smallest absolute Gasteiger partial charge is 0.193 e. The van der Waals surface area contributed by atoms with Gasteiger partial charge in [0.2, 0.25) is 0 Å². The highest BCUT2D eigenvalue weighted by Crippen LogP contribution is 2.14. The molecule has 0 saturated heterocycles. The topological polar surface area (TPSA) is 68.2 Å². The van der Waals surface area contributed by atoms with E-state index in [1.807, 2.05) is 30.5 Å². The van der Waals surface area contributed by atoms with Crippen LogP contribution in [0.1, 0.15) is 16.8 Å². The molecule has 0 aliphatic carbocycles. The van der Waals surface area contributed by atoms with Crippen LogP contribution in [0.2, 0.25) is 0 Å². The summed E-state index contributed by atoms with van der Waals surface area (Å²) in [6, 6.07) is 14.0. The van der Waals surface area contributed by atoms with E-state index in [9.17, 15) is 4.39 Å². The molecule has 1 heterocycles. The third-order valence-corrected chi connectivity index (χ3v) is 3.93. The van der Waals surface area contributed by atoms with E-state index >= 15 is 0 Å². The number of aryl methyl sites for hydroxylation is 2. The summed E-state index contributed by atoms with van der Waals surface area (Å²) in [5, 5.41) is 7.50. The van der Waals surface area contributed by atoms with Crippen LogP contribution in [-0.2, 0) is 6.54 Å². The van der Waals surface area contributed by atoms with E-state index in [2.05, 4.69) is 29.3 Å². The van der Waals surface area contributed by atoms with Gasteiger partial charge < -0.3 is 11.1 Å². The number of halogens is 1.